The van der Waals surface area contributed by atoms with Gasteiger partial charge in [0.05, 0.1) is 4.75 Å². The summed E-state index contributed by atoms with van der Waals surface area (Å²) in [4.78, 5) is 0. The van der Waals surface area contributed by atoms with Gasteiger partial charge in [0.2, 0.25) is 10.0 Å². The Balaban J connectivity index is 2.67. The Kier molecular flexibility index (Phi) is 5.21. The van der Waals surface area contributed by atoms with Crippen LogP contribution in [0.3, 0.4) is 0 Å². The summed E-state index contributed by atoms with van der Waals surface area (Å²) in [5, 5.41) is 3.51. The second kappa shape index (κ2) is 5.88. The Labute approximate surface area is 112 Å². The van der Waals surface area contributed by atoms with Crippen LogP contribution >= 0.6 is 0 Å². The largest absolute Gasteiger partial charge is 0.314 e. The van der Waals surface area contributed by atoms with Crippen LogP contribution in [0.15, 0.2) is 0 Å². The Morgan fingerprint density at radius 1 is 1.33 bits per heavy atom. The highest BCUT2D eigenvalue weighted by Crippen LogP contribution is 2.26. The van der Waals surface area contributed by atoms with Gasteiger partial charge in [0, 0.05) is 19.1 Å². The molecule has 108 valence electrons. The second-order valence-corrected chi connectivity index (χ2v) is 8.99. The lowest BCUT2D eigenvalue weighted by molar-refractivity contribution is 0.217. The van der Waals surface area contributed by atoms with Gasteiger partial charge in [-0.1, -0.05) is 13.8 Å². The quantitative estimate of drug-likeness (QED) is 0.852. The van der Waals surface area contributed by atoms with Crippen molar-refractivity contribution in [3.63, 3.8) is 0 Å². The first-order valence-electron chi connectivity index (χ1n) is 6.93. The summed E-state index contributed by atoms with van der Waals surface area (Å²) in [6.07, 6.45) is 2.03. The number of sulfonamides is 1. The molecule has 0 bridgehead atoms. The van der Waals surface area contributed by atoms with Gasteiger partial charge < -0.3 is 5.32 Å². The summed E-state index contributed by atoms with van der Waals surface area (Å²) in [5.41, 5.74) is 0. The van der Waals surface area contributed by atoms with Crippen LogP contribution in [-0.4, -0.2) is 43.1 Å². The molecule has 0 radical (unpaired) electrons. The van der Waals surface area contributed by atoms with Crippen LogP contribution in [0.25, 0.3) is 0 Å². The van der Waals surface area contributed by atoms with Crippen molar-refractivity contribution in [2.24, 2.45) is 5.92 Å². The lowest BCUT2D eigenvalue weighted by atomic mass is 9.95. The molecule has 0 saturated carbocycles. The van der Waals surface area contributed by atoms with E-state index >= 15 is 0 Å². The minimum atomic E-state index is -3.17. The van der Waals surface area contributed by atoms with Crippen LogP contribution in [-0.2, 0) is 10.0 Å². The van der Waals surface area contributed by atoms with Gasteiger partial charge in [-0.05, 0) is 46.1 Å². The number of nitrogens with one attached hydrogen (secondary N) is 1. The topological polar surface area (TPSA) is 49.4 Å². The van der Waals surface area contributed by atoms with Gasteiger partial charge in [-0.3, -0.25) is 0 Å². The maximum atomic E-state index is 12.4. The predicted molar refractivity (Wildman–Crippen MR) is 76.1 cm³/mol. The zero-order valence-corrected chi connectivity index (χ0v) is 13.2. The van der Waals surface area contributed by atoms with E-state index in [4.69, 9.17) is 0 Å². The van der Waals surface area contributed by atoms with Crippen molar-refractivity contribution in [2.45, 2.75) is 58.2 Å². The predicted octanol–water partition coefficient (Wildman–Crippen LogP) is 1.82. The molecule has 1 aliphatic heterocycles. The van der Waals surface area contributed by atoms with E-state index in [0.717, 1.165) is 19.4 Å². The first kappa shape index (κ1) is 15.9. The number of nitrogens with zero attached hydrogens (tertiary/aromatic N) is 1. The highest BCUT2D eigenvalue weighted by Gasteiger charge is 2.39. The van der Waals surface area contributed by atoms with Gasteiger partial charge in [0.1, 0.15) is 0 Å². The summed E-state index contributed by atoms with van der Waals surface area (Å²) in [5.74, 6) is 0.377. The first-order valence-corrected chi connectivity index (χ1v) is 8.37. The van der Waals surface area contributed by atoms with Crippen LogP contribution in [0.5, 0.6) is 0 Å². The molecule has 0 amide bonds. The highest BCUT2D eigenvalue weighted by molar-refractivity contribution is 7.90. The van der Waals surface area contributed by atoms with Crippen LogP contribution in [0.1, 0.15) is 47.5 Å². The molecule has 0 aromatic carbocycles. The Morgan fingerprint density at radius 2 is 1.94 bits per heavy atom. The molecule has 0 aromatic rings. The molecular weight excluding hydrogens is 248 g/mol. The van der Waals surface area contributed by atoms with Gasteiger partial charge in [0.25, 0.3) is 0 Å². The lowest BCUT2D eigenvalue weighted by Gasteiger charge is -2.39. The molecule has 2 atom stereocenters. The molecular formula is C13H28N2O2S. The fourth-order valence-corrected chi connectivity index (χ4v) is 3.90. The molecule has 0 aliphatic carbocycles. The Bertz CT molecular complexity index is 360. The molecule has 1 aliphatic rings. The smallest absolute Gasteiger partial charge is 0.219 e. The first-order chi connectivity index (χ1) is 8.20. The minimum absolute atomic E-state index is 0.377. The third-order valence-corrected chi connectivity index (χ3v) is 6.20. The van der Waals surface area contributed by atoms with Gasteiger partial charge in [-0.2, -0.15) is 0 Å². The molecule has 1 heterocycles. The zero-order chi connectivity index (χ0) is 14.0. The second-order valence-electron chi connectivity index (χ2n) is 6.30. The number of hydrogen-bond donors (Lipinski definition) is 1. The standard InChI is InChI=1S/C13H28N2O2S/c1-6-8-14-12-7-9-15(10-11(12)2)18(16,17)13(3,4)5/h11-12,14H,6-10H2,1-5H3. The molecule has 1 fully saturated rings. The fraction of sp³-hybridized carbons (Fsp3) is 1.00. The zero-order valence-electron chi connectivity index (χ0n) is 12.4. The van der Waals surface area contributed by atoms with Crippen molar-refractivity contribution in [1.82, 2.24) is 9.62 Å². The molecule has 5 heteroatoms. The monoisotopic (exact) mass is 276 g/mol. The van der Waals surface area contributed by atoms with E-state index in [1.54, 1.807) is 25.1 Å². The lowest BCUT2D eigenvalue weighted by Crippen LogP contribution is -2.53. The highest BCUT2D eigenvalue weighted by atomic mass is 32.2. The van der Waals surface area contributed by atoms with Crippen LogP contribution in [0.2, 0.25) is 0 Å². The maximum absolute atomic E-state index is 12.4. The van der Waals surface area contributed by atoms with Gasteiger partial charge in [-0.15, -0.1) is 0 Å². The van der Waals surface area contributed by atoms with Crippen molar-refractivity contribution in [3.8, 4) is 0 Å². The van der Waals surface area contributed by atoms with Crippen LogP contribution < -0.4 is 5.32 Å². The van der Waals surface area contributed by atoms with E-state index in [1.165, 1.54) is 0 Å². The van der Waals surface area contributed by atoms with E-state index in [-0.39, 0.29) is 0 Å². The molecule has 1 rings (SSSR count). The third kappa shape index (κ3) is 3.45. The summed E-state index contributed by atoms with van der Waals surface area (Å²) < 4.78 is 25.7. The van der Waals surface area contributed by atoms with Crippen molar-refractivity contribution in [3.05, 3.63) is 0 Å². The molecule has 18 heavy (non-hydrogen) atoms. The van der Waals surface area contributed by atoms with E-state index in [1.807, 2.05) is 0 Å². The fourth-order valence-electron chi connectivity index (χ4n) is 2.35. The summed E-state index contributed by atoms with van der Waals surface area (Å²) >= 11 is 0. The van der Waals surface area contributed by atoms with E-state index in [9.17, 15) is 8.42 Å². The van der Waals surface area contributed by atoms with Crippen molar-refractivity contribution in [2.75, 3.05) is 19.6 Å². The Hall–Kier alpha value is -0.130. The Morgan fingerprint density at radius 3 is 2.39 bits per heavy atom. The van der Waals surface area contributed by atoms with Gasteiger partial charge >= 0.3 is 0 Å². The average Bonchev–Trinajstić information content (AvgIpc) is 2.25. The van der Waals surface area contributed by atoms with E-state index < -0.39 is 14.8 Å². The van der Waals surface area contributed by atoms with Crippen molar-refractivity contribution < 1.29 is 8.42 Å². The van der Waals surface area contributed by atoms with E-state index in [0.29, 0.717) is 25.0 Å². The molecule has 1 N–H and O–H groups in total. The summed E-state index contributed by atoms with van der Waals surface area (Å²) in [6, 6.07) is 0.455. The molecule has 1 saturated heterocycles. The number of rotatable bonds is 4. The van der Waals surface area contributed by atoms with Crippen LogP contribution in [0.4, 0.5) is 0 Å². The van der Waals surface area contributed by atoms with Crippen LogP contribution in [0, 0.1) is 5.92 Å². The maximum Gasteiger partial charge on any atom is 0.219 e. The number of hydrogen-bond acceptors (Lipinski definition) is 3. The summed E-state index contributed by atoms with van der Waals surface area (Å²) in [7, 11) is -3.17. The molecule has 4 nitrogen and oxygen atoms in total. The van der Waals surface area contributed by atoms with Crippen molar-refractivity contribution in [1.29, 1.82) is 0 Å². The van der Waals surface area contributed by atoms with Gasteiger partial charge in [0.15, 0.2) is 0 Å². The normalized spacial score (nSPS) is 27.4. The minimum Gasteiger partial charge on any atom is -0.314 e. The molecule has 0 spiro atoms. The van der Waals surface area contributed by atoms with Crippen molar-refractivity contribution >= 4 is 10.0 Å². The molecule has 2 unspecified atom stereocenters. The van der Waals surface area contributed by atoms with Gasteiger partial charge in [-0.25, -0.2) is 12.7 Å². The molecule has 0 aromatic heterocycles. The summed E-state index contributed by atoms with van der Waals surface area (Å²) in [6.45, 7) is 11.9. The number of piperidine rings is 1. The average molecular weight is 276 g/mol. The van der Waals surface area contributed by atoms with E-state index in [2.05, 4.69) is 19.2 Å². The third-order valence-electron chi connectivity index (χ3n) is 3.64. The SMILES string of the molecule is CCCNC1CCN(S(=O)(=O)C(C)(C)C)CC1C.